The first-order chi connectivity index (χ1) is 14.0. The largest absolute Gasteiger partial charge is 0.477 e. The summed E-state index contributed by atoms with van der Waals surface area (Å²) in [6.07, 6.45) is 2.86. The van der Waals surface area contributed by atoms with Gasteiger partial charge in [-0.2, -0.15) is 0 Å². The zero-order chi connectivity index (χ0) is 20.3. The van der Waals surface area contributed by atoms with Crippen LogP contribution in [0.1, 0.15) is 45.2 Å². The molecule has 2 atom stereocenters. The van der Waals surface area contributed by atoms with E-state index in [1.54, 1.807) is 0 Å². The molecule has 1 N–H and O–H groups in total. The second kappa shape index (κ2) is 6.42. The van der Waals surface area contributed by atoms with Crippen molar-refractivity contribution in [2.75, 3.05) is 13.7 Å². The topological polar surface area (TPSA) is 94.8 Å². The molecule has 0 amide bonds. The predicted octanol–water partition coefficient (Wildman–Crippen LogP) is 2.07. The molecule has 0 radical (unpaired) electrons. The Hall–Kier alpha value is -3.19. The molecule has 1 aliphatic carbocycles. The van der Waals surface area contributed by atoms with Crippen LogP contribution >= 0.6 is 0 Å². The van der Waals surface area contributed by atoms with Crippen LogP contribution in [0.2, 0.25) is 0 Å². The van der Waals surface area contributed by atoms with Gasteiger partial charge in [0.1, 0.15) is 11.7 Å². The number of nitrogens with zero attached hydrogens (tertiary/aromatic N) is 1. The Morgan fingerprint density at radius 3 is 2.90 bits per heavy atom. The van der Waals surface area contributed by atoms with Crippen LogP contribution in [-0.4, -0.2) is 41.4 Å². The lowest BCUT2D eigenvalue weighted by molar-refractivity contribution is -0.139. The number of carbonyl (C=O) groups is 2. The van der Waals surface area contributed by atoms with Crippen molar-refractivity contribution in [1.82, 2.24) is 4.57 Å². The fourth-order valence-corrected chi connectivity index (χ4v) is 4.77. The number of benzene rings is 1. The number of carbonyl (C=O) groups excluding carboxylic acids is 1. The van der Waals surface area contributed by atoms with Gasteiger partial charge in [-0.25, -0.2) is 4.79 Å². The van der Waals surface area contributed by atoms with Crippen molar-refractivity contribution < 1.29 is 24.2 Å². The molecule has 0 spiro atoms. The number of hydrogen-bond acceptors (Lipinski definition) is 5. The molecule has 0 saturated carbocycles. The SMILES string of the molecule is COC(=O)Cc1ccc2c(c1)CC1=C2[C@H]2OCC[C@H]2n2cc(C(=O)O)c(=O)cc21. The number of fused-ring (bicyclic) bond motifs is 7. The summed E-state index contributed by atoms with van der Waals surface area (Å²) in [5.74, 6) is -1.51. The highest BCUT2D eigenvalue weighted by atomic mass is 16.5. The van der Waals surface area contributed by atoms with E-state index in [4.69, 9.17) is 9.47 Å². The summed E-state index contributed by atoms with van der Waals surface area (Å²) in [6.45, 7) is 0.579. The maximum atomic E-state index is 12.4. The number of rotatable bonds is 3. The Balaban J connectivity index is 1.64. The number of methoxy groups -OCH3 is 1. The fourth-order valence-electron chi connectivity index (χ4n) is 4.77. The van der Waals surface area contributed by atoms with E-state index < -0.39 is 11.4 Å². The highest BCUT2D eigenvalue weighted by Crippen LogP contribution is 2.50. The lowest BCUT2D eigenvalue weighted by Gasteiger charge is -2.32. The van der Waals surface area contributed by atoms with Crippen LogP contribution in [0.15, 0.2) is 35.3 Å². The Bertz CT molecular complexity index is 1160. The van der Waals surface area contributed by atoms with E-state index >= 15 is 0 Å². The number of carboxylic acid groups (broad SMARTS) is 1. The monoisotopic (exact) mass is 393 g/mol. The molecule has 3 aliphatic rings. The molecular weight excluding hydrogens is 374 g/mol. The van der Waals surface area contributed by atoms with Crippen LogP contribution in [-0.2, 0) is 27.1 Å². The summed E-state index contributed by atoms with van der Waals surface area (Å²) in [4.78, 5) is 35.5. The van der Waals surface area contributed by atoms with E-state index in [-0.39, 0.29) is 30.1 Å². The van der Waals surface area contributed by atoms with Gasteiger partial charge in [0.05, 0.1) is 19.6 Å². The molecular formula is C22H19NO6. The Kier molecular flexibility index (Phi) is 3.96. The van der Waals surface area contributed by atoms with Gasteiger partial charge in [-0.3, -0.25) is 9.59 Å². The third-order valence-electron chi connectivity index (χ3n) is 6.05. The van der Waals surface area contributed by atoms with Gasteiger partial charge in [0.2, 0.25) is 0 Å². The van der Waals surface area contributed by atoms with Gasteiger partial charge in [-0.1, -0.05) is 18.2 Å². The number of esters is 1. The number of hydrogen-bond donors (Lipinski definition) is 1. The molecule has 29 heavy (non-hydrogen) atoms. The van der Waals surface area contributed by atoms with Crippen LogP contribution in [0.4, 0.5) is 0 Å². The van der Waals surface area contributed by atoms with Crippen molar-refractivity contribution in [2.45, 2.75) is 31.4 Å². The molecule has 2 aliphatic heterocycles. The zero-order valence-electron chi connectivity index (χ0n) is 15.8. The summed E-state index contributed by atoms with van der Waals surface area (Å²) >= 11 is 0. The molecule has 148 valence electrons. The number of allylic oxidation sites excluding steroid dienone is 1. The van der Waals surface area contributed by atoms with Gasteiger partial charge in [-0.05, 0) is 34.3 Å². The van der Waals surface area contributed by atoms with Crippen molar-refractivity contribution in [3.63, 3.8) is 0 Å². The molecule has 0 bridgehead atoms. The number of pyridine rings is 1. The maximum Gasteiger partial charge on any atom is 0.341 e. The number of ether oxygens (including phenoxy) is 2. The molecule has 1 fully saturated rings. The van der Waals surface area contributed by atoms with E-state index in [0.29, 0.717) is 13.0 Å². The van der Waals surface area contributed by atoms with Crippen molar-refractivity contribution in [1.29, 1.82) is 0 Å². The van der Waals surface area contributed by atoms with E-state index in [0.717, 1.165) is 40.0 Å². The summed E-state index contributed by atoms with van der Waals surface area (Å²) < 4.78 is 12.7. The van der Waals surface area contributed by atoms with E-state index in [1.165, 1.54) is 19.4 Å². The first-order valence-corrected chi connectivity index (χ1v) is 9.51. The van der Waals surface area contributed by atoms with Crippen LogP contribution in [0, 0.1) is 0 Å². The molecule has 1 aromatic carbocycles. The Morgan fingerprint density at radius 1 is 1.31 bits per heavy atom. The smallest absolute Gasteiger partial charge is 0.341 e. The molecule has 7 heteroatoms. The van der Waals surface area contributed by atoms with Crippen LogP contribution < -0.4 is 5.43 Å². The third kappa shape index (κ3) is 2.65. The summed E-state index contributed by atoms with van der Waals surface area (Å²) in [6, 6.07) is 7.33. The lowest BCUT2D eigenvalue weighted by Crippen LogP contribution is -2.31. The first-order valence-electron chi connectivity index (χ1n) is 9.51. The minimum atomic E-state index is -1.22. The minimum Gasteiger partial charge on any atom is -0.477 e. The van der Waals surface area contributed by atoms with E-state index in [1.807, 2.05) is 22.8 Å². The van der Waals surface area contributed by atoms with Crippen LogP contribution in [0.25, 0.3) is 11.1 Å². The fraction of sp³-hybridized carbons (Fsp3) is 0.318. The zero-order valence-corrected chi connectivity index (χ0v) is 15.8. The second-order valence-corrected chi connectivity index (χ2v) is 7.61. The average molecular weight is 393 g/mol. The summed E-state index contributed by atoms with van der Waals surface area (Å²) in [5, 5.41) is 9.37. The minimum absolute atomic E-state index is 0.0388. The Morgan fingerprint density at radius 2 is 2.14 bits per heavy atom. The summed E-state index contributed by atoms with van der Waals surface area (Å²) in [5.41, 5.74) is 5.14. The van der Waals surface area contributed by atoms with Crippen molar-refractivity contribution >= 4 is 23.1 Å². The van der Waals surface area contributed by atoms with Crippen LogP contribution in [0.3, 0.4) is 0 Å². The average Bonchev–Trinajstić information content (AvgIpc) is 3.31. The predicted molar refractivity (Wildman–Crippen MR) is 104 cm³/mol. The van der Waals surface area contributed by atoms with Gasteiger partial charge < -0.3 is 19.1 Å². The highest BCUT2D eigenvalue weighted by molar-refractivity contribution is 6.00. The van der Waals surface area contributed by atoms with Gasteiger partial charge in [0.25, 0.3) is 0 Å². The molecule has 3 heterocycles. The molecule has 1 saturated heterocycles. The molecule has 7 nitrogen and oxygen atoms in total. The van der Waals surface area contributed by atoms with E-state index in [9.17, 15) is 19.5 Å². The number of carboxylic acids is 1. The summed E-state index contributed by atoms with van der Waals surface area (Å²) in [7, 11) is 1.37. The molecule has 1 aromatic heterocycles. The third-order valence-corrected chi connectivity index (χ3v) is 6.05. The highest BCUT2D eigenvalue weighted by Gasteiger charge is 2.43. The van der Waals surface area contributed by atoms with Crippen molar-refractivity contribution in [3.05, 3.63) is 68.6 Å². The quantitative estimate of drug-likeness (QED) is 0.803. The second-order valence-electron chi connectivity index (χ2n) is 7.61. The number of aromatic nitrogens is 1. The maximum absolute atomic E-state index is 12.4. The number of aromatic carboxylic acids is 1. The van der Waals surface area contributed by atoms with Gasteiger partial charge in [-0.15, -0.1) is 0 Å². The normalized spacial score (nSPS) is 21.3. The molecule has 0 unspecified atom stereocenters. The Labute approximate surface area is 166 Å². The van der Waals surface area contributed by atoms with Crippen LogP contribution in [0.5, 0.6) is 0 Å². The molecule has 5 rings (SSSR count). The molecule has 2 aromatic rings. The van der Waals surface area contributed by atoms with E-state index in [2.05, 4.69) is 0 Å². The van der Waals surface area contributed by atoms with Crippen molar-refractivity contribution in [3.8, 4) is 0 Å². The first kappa shape index (κ1) is 17.9. The standard InChI is InChI=1S/C22H19NO6/c1-28-19(25)7-11-2-3-13-12(6-11)8-14-17-9-18(24)15(22(26)27)10-23(17)16-4-5-29-21(16)20(13)14/h2-3,6,9-10,16,21H,4-5,7-8H2,1H3,(H,26,27)/t16-,21+/m1/s1. The lowest BCUT2D eigenvalue weighted by atomic mass is 9.89. The van der Waals surface area contributed by atoms with Gasteiger partial charge in [0, 0.05) is 31.0 Å². The van der Waals surface area contributed by atoms with Gasteiger partial charge >= 0.3 is 11.9 Å². The van der Waals surface area contributed by atoms with Gasteiger partial charge in [0.15, 0.2) is 5.43 Å². The van der Waals surface area contributed by atoms with Crippen molar-refractivity contribution in [2.24, 2.45) is 0 Å².